The van der Waals surface area contributed by atoms with E-state index in [-0.39, 0.29) is 18.9 Å². The van der Waals surface area contributed by atoms with Gasteiger partial charge in [-0.3, -0.25) is 9.59 Å². The Balaban J connectivity index is 2.20. The fourth-order valence-electron chi connectivity index (χ4n) is 2.18. The average Bonchev–Trinajstić information content (AvgIpc) is 3.01. The molecule has 2 rings (SSSR count). The molecule has 116 valence electrons. The highest BCUT2D eigenvalue weighted by Gasteiger charge is 2.17. The number of carbonyl (C=O) groups is 2. The SMILES string of the molecule is CCN(CCC(=O)O)C(=O)c1ccc(-n2cncn2)cc1C. The lowest BCUT2D eigenvalue weighted by atomic mass is 10.1. The highest BCUT2D eigenvalue weighted by Crippen LogP contribution is 2.16. The fourth-order valence-corrected chi connectivity index (χ4v) is 2.18. The van der Waals surface area contributed by atoms with E-state index in [1.807, 2.05) is 19.9 Å². The summed E-state index contributed by atoms with van der Waals surface area (Å²) < 4.78 is 1.61. The Bertz CT molecular complexity index is 667. The molecule has 0 spiro atoms. The molecule has 1 aromatic heterocycles. The Kier molecular flexibility index (Phi) is 4.88. The van der Waals surface area contributed by atoms with Crippen LogP contribution in [0.5, 0.6) is 0 Å². The van der Waals surface area contributed by atoms with E-state index in [0.717, 1.165) is 11.3 Å². The lowest BCUT2D eigenvalue weighted by Crippen LogP contribution is -2.33. The van der Waals surface area contributed by atoms with E-state index in [9.17, 15) is 9.59 Å². The van der Waals surface area contributed by atoms with Crippen LogP contribution < -0.4 is 0 Å². The molecule has 0 aliphatic heterocycles. The van der Waals surface area contributed by atoms with E-state index in [1.165, 1.54) is 11.2 Å². The Labute approximate surface area is 128 Å². The smallest absolute Gasteiger partial charge is 0.305 e. The van der Waals surface area contributed by atoms with Gasteiger partial charge in [-0.25, -0.2) is 9.67 Å². The van der Waals surface area contributed by atoms with Gasteiger partial charge in [0.25, 0.3) is 5.91 Å². The molecule has 1 amide bonds. The molecule has 7 heteroatoms. The van der Waals surface area contributed by atoms with Crippen LogP contribution in [-0.2, 0) is 4.79 Å². The summed E-state index contributed by atoms with van der Waals surface area (Å²) in [6, 6.07) is 5.38. The lowest BCUT2D eigenvalue weighted by Gasteiger charge is -2.21. The number of carboxylic acids is 1. The minimum Gasteiger partial charge on any atom is -0.481 e. The number of aliphatic carboxylic acids is 1. The van der Waals surface area contributed by atoms with Crippen LogP contribution >= 0.6 is 0 Å². The molecular weight excluding hydrogens is 284 g/mol. The van der Waals surface area contributed by atoms with Crippen molar-refractivity contribution in [1.29, 1.82) is 0 Å². The standard InChI is InChI=1S/C15H18N4O3/c1-3-18(7-6-14(20)21)15(22)13-5-4-12(8-11(13)2)19-10-16-9-17-19/h4-5,8-10H,3,6-7H2,1-2H3,(H,20,21). The zero-order valence-electron chi connectivity index (χ0n) is 12.6. The van der Waals surface area contributed by atoms with Crippen LogP contribution in [0.25, 0.3) is 5.69 Å². The van der Waals surface area contributed by atoms with Gasteiger partial charge in [-0.05, 0) is 37.6 Å². The van der Waals surface area contributed by atoms with Crippen molar-refractivity contribution < 1.29 is 14.7 Å². The molecule has 1 heterocycles. The predicted molar refractivity (Wildman–Crippen MR) is 79.9 cm³/mol. The van der Waals surface area contributed by atoms with Crippen LogP contribution in [0.1, 0.15) is 29.3 Å². The van der Waals surface area contributed by atoms with Crippen LogP contribution in [0.15, 0.2) is 30.9 Å². The number of hydrogen-bond donors (Lipinski definition) is 1. The van der Waals surface area contributed by atoms with Crippen molar-refractivity contribution in [1.82, 2.24) is 19.7 Å². The summed E-state index contributed by atoms with van der Waals surface area (Å²) in [5, 5.41) is 12.8. The Morgan fingerprint density at radius 2 is 2.14 bits per heavy atom. The zero-order chi connectivity index (χ0) is 16.1. The van der Waals surface area contributed by atoms with Gasteiger partial charge in [-0.1, -0.05) is 0 Å². The third-order valence-corrected chi connectivity index (χ3v) is 3.39. The molecule has 22 heavy (non-hydrogen) atoms. The summed E-state index contributed by atoms with van der Waals surface area (Å²) in [5.74, 6) is -1.07. The van der Waals surface area contributed by atoms with Gasteiger partial charge in [0, 0.05) is 18.7 Å². The molecular formula is C15H18N4O3. The van der Waals surface area contributed by atoms with Gasteiger partial charge in [0.15, 0.2) is 0 Å². The van der Waals surface area contributed by atoms with Crippen LogP contribution in [0.2, 0.25) is 0 Å². The number of aryl methyl sites for hydroxylation is 1. The quantitative estimate of drug-likeness (QED) is 0.874. The second kappa shape index (κ2) is 6.84. The van der Waals surface area contributed by atoms with Gasteiger partial charge < -0.3 is 10.0 Å². The van der Waals surface area contributed by atoms with Gasteiger partial charge >= 0.3 is 5.97 Å². The lowest BCUT2D eigenvalue weighted by molar-refractivity contribution is -0.137. The Morgan fingerprint density at radius 1 is 1.36 bits per heavy atom. The third-order valence-electron chi connectivity index (χ3n) is 3.39. The van der Waals surface area contributed by atoms with Crippen molar-refractivity contribution in [2.24, 2.45) is 0 Å². The molecule has 0 fully saturated rings. The molecule has 0 atom stereocenters. The fraction of sp³-hybridized carbons (Fsp3) is 0.333. The summed E-state index contributed by atoms with van der Waals surface area (Å²) >= 11 is 0. The number of carbonyl (C=O) groups excluding carboxylic acids is 1. The monoisotopic (exact) mass is 302 g/mol. The first-order chi connectivity index (χ1) is 10.5. The van der Waals surface area contributed by atoms with Gasteiger partial charge in [-0.15, -0.1) is 0 Å². The normalized spacial score (nSPS) is 10.5. The average molecular weight is 302 g/mol. The summed E-state index contributed by atoms with van der Waals surface area (Å²) in [5.41, 5.74) is 2.20. The highest BCUT2D eigenvalue weighted by molar-refractivity contribution is 5.96. The van der Waals surface area contributed by atoms with E-state index >= 15 is 0 Å². The molecule has 0 unspecified atom stereocenters. The molecule has 2 aromatic rings. The molecule has 0 bridgehead atoms. The Hall–Kier alpha value is -2.70. The maximum absolute atomic E-state index is 12.5. The van der Waals surface area contributed by atoms with Gasteiger partial charge in [0.05, 0.1) is 12.1 Å². The molecule has 1 N–H and O–H groups in total. The maximum atomic E-state index is 12.5. The van der Waals surface area contributed by atoms with Crippen molar-refractivity contribution in [2.45, 2.75) is 20.3 Å². The first-order valence-electron chi connectivity index (χ1n) is 6.99. The van der Waals surface area contributed by atoms with E-state index in [4.69, 9.17) is 5.11 Å². The predicted octanol–water partition coefficient (Wildman–Crippen LogP) is 1.51. The van der Waals surface area contributed by atoms with Gasteiger partial charge in [0.2, 0.25) is 0 Å². The molecule has 7 nitrogen and oxygen atoms in total. The Morgan fingerprint density at radius 3 is 2.68 bits per heavy atom. The van der Waals surface area contributed by atoms with Crippen LogP contribution in [0.4, 0.5) is 0 Å². The molecule has 0 saturated carbocycles. The van der Waals surface area contributed by atoms with Crippen LogP contribution in [0, 0.1) is 6.92 Å². The van der Waals surface area contributed by atoms with Crippen molar-refractivity contribution in [2.75, 3.05) is 13.1 Å². The number of nitrogens with zero attached hydrogens (tertiary/aromatic N) is 4. The van der Waals surface area contributed by atoms with Gasteiger partial charge in [-0.2, -0.15) is 5.10 Å². The molecule has 0 aliphatic rings. The number of hydrogen-bond acceptors (Lipinski definition) is 4. The summed E-state index contributed by atoms with van der Waals surface area (Å²) in [7, 11) is 0. The van der Waals surface area contributed by atoms with Crippen LogP contribution in [-0.4, -0.2) is 49.7 Å². The minimum atomic E-state index is -0.912. The largest absolute Gasteiger partial charge is 0.481 e. The molecule has 0 aliphatic carbocycles. The molecule has 0 radical (unpaired) electrons. The zero-order valence-corrected chi connectivity index (χ0v) is 12.6. The van der Waals surface area contributed by atoms with Gasteiger partial charge in [0.1, 0.15) is 12.7 Å². The summed E-state index contributed by atoms with van der Waals surface area (Å²) in [4.78, 5) is 28.6. The number of benzene rings is 1. The van der Waals surface area contributed by atoms with E-state index in [0.29, 0.717) is 12.1 Å². The number of amides is 1. The van der Waals surface area contributed by atoms with Crippen molar-refractivity contribution in [3.8, 4) is 5.69 Å². The molecule has 1 aromatic carbocycles. The third kappa shape index (κ3) is 3.49. The number of rotatable bonds is 6. The van der Waals surface area contributed by atoms with Crippen LogP contribution in [0.3, 0.4) is 0 Å². The number of aromatic nitrogens is 3. The van der Waals surface area contributed by atoms with E-state index in [1.54, 1.807) is 23.1 Å². The topological polar surface area (TPSA) is 88.3 Å². The summed E-state index contributed by atoms with van der Waals surface area (Å²) in [6.45, 7) is 4.35. The maximum Gasteiger partial charge on any atom is 0.305 e. The first kappa shape index (κ1) is 15.7. The minimum absolute atomic E-state index is 0.0599. The van der Waals surface area contributed by atoms with Crippen molar-refractivity contribution in [3.63, 3.8) is 0 Å². The number of carboxylic acid groups (broad SMARTS) is 1. The van der Waals surface area contributed by atoms with Crippen molar-refractivity contribution >= 4 is 11.9 Å². The van der Waals surface area contributed by atoms with E-state index in [2.05, 4.69) is 10.1 Å². The van der Waals surface area contributed by atoms with Crippen molar-refractivity contribution in [3.05, 3.63) is 42.0 Å². The van der Waals surface area contributed by atoms with E-state index < -0.39 is 5.97 Å². The molecule has 0 saturated heterocycles. The first-order valence-corrected chi connectivity index (χ1v) is 6.99. The second-order valence-electron chi connectivity index (χ2n) is 4.87. The summed E-state index contributed by atoms with van der Waals surface area (Å²) in [6.07, 6.45) is 2.97. The highest BCUT2D eigenvalue weighted by atomic mass is 16.4. The second-order valence-corrected chi connectivity index (χ2v) is 4.87.